The predicted molar refractivity (Wildman–Crippen MR) is 88.4 cm³/mol. The van der Waals surface area contributed by atoms with Crippen LogP contribution in [0.4, 0.5) is 0 Å². The summed E-state index contributed by atoms with van der Waals surface area (Å²) in [4.78, 5) is 11.3. The van der Waals surface area contributed by atoms with Crippen LogP contribution in [0.15, 0.2) is 43.1 Å². The lowest BCUT2D eigenvalue weighted by Crippen LogP contribution is -2.37. The summed E-state index contributed by atoms with van der Waals surface area (Å²) in [7, 11) is 0. The van der Waals surface area contributed by atoms with Crippen LogP contribution in [-0.2, 0) is 13.1 Å². The molecule has 2 aromatic rings. The number of aryl methyl sites for hydroxylation is 1. The lowest BCUT2D eigenvalue weighted by Gasteiger charge is -2.34. The average molecular weight is 298 g/mol. The molecule has 3 rings (SSSR count). The van der Waals surface area contributed by atoms with Gasteiger partial charge in [0.2, 0.25) is 0 Å². The quantitative estimate of drug-likeness (QED) is 0.784. The Kier molecular flexibility index (Phi) is 5.59. The summed E-state index contributed by atoms with van der Waals surface area (Å²) < 4.78 is 2.17. The summed E-state index contributed by atoms with van der Waals surface area (Å²) in [6.07, 6.45) is 15.7. The van der Waals surface area contributed by atoms with Gasteiger partial charge in [0.1, 0.15) is 0 Å². The third-order valence-electron chi connectivity index (χ3n) is 4.60. The van der Waals surface area contributed by atoms with Crippen LogP contribution in [0, 0.1) is 0 Å². The third-order valence-corrected chi connectivity index (χ3v) is 4.60. The summed E-state index contributed by atoms with van der Waals surface area (Å²) in [5.74, 6) is 0. The third kappa shape index (κ3) is 4.41. The Bertz CT molecular complexity index is 517. The van der Waals surface area contributed by atoms with E-state index in [-0.39, 0.29) is 0 Å². The highest BCUT2D eigenvalue weighted by Gasteiger charge is 2.21. The summed E-state index contributed by atoms with van der Waals surface area (Å²) in [6, 6.07) is 6.96. The van der Waals surface area contributed by atoms with Crippen LogP contribution in [0.2, 0.25) is 0 Å². The van der Waals surface area contributed by atoms with Gasteiger partial charge in [0, 0.05) is 44.3 Å². The molecule has 2 aromatic heterocycles. The zero-order valence-corrected chi connectivity index (χ0v) is 13.3. The van der Waals surface area contributed by atoms with Crippen molar-refractivity contribution in [1.82, 2.24) is 19.4 Å². The first kappa shape index (κ1) is 15.2. The number of nitrogens with zero attached hydrogens (tertiary/aromatic N) is 4. The summed E-state index contributed by atoms with van der Waals surface area (Å²) in [5, 5.41) is 0. The number of hydrogen-bond acceptors (Lipinski definition) is 3. The molecule has 1 aliphatic rings. The molecule has 0 unspecified atom stereocenters. The molecule has 118 valence electrons. The van der Waals surface area contributed by atoms with Gasteiger partial charge in [-0.05, 0) is 31.4 Å². The molecule has 0 radical (unpaired) electrons. The Morgan fingerprint density at radius 1 is 1.14 bits per heavy atom. The number of aromatic nitrogens is 3. The predicted octanol–water partition coefficient (Wildman–Crippen LogP) is 3.50. The minimum absolute atomic E-state index is 0.735. The minimum atomic E-state index is 0.735. The van der Waals surface area contributed by atoms with Gasteiger partial charge in [0.25, 0.3) is 0 Å². The van der Waals surface area contributed by atoms with Crippen LogP contribution in [0.25, 0.3) is 0 Å². The summed E-state index contributed by atoms with van der Waals surface area (Å²) >= 11 is 0. The molecule has 0 bridgehead atoms. The van der Waals surface area contributed by atoms with Gasteiger partial charge in [0.05, 0.1) is 12.0 Å². The fourth-order valence-corrected chi connectivity index (χ4v) is 3.41. The Hall–Kier alpha value is -1.68. The zero-order chi connectivity index (χ0) is 15.0. The second-order valence-corrected chi connectivity index (χ2v) is 6.24. The second-order valence-electron chi connectivity index (χ2n) is 6.24. The van der Waals surface area contributed by atoms with E-state index in [1.165, 1.54) is 44.2 Å². The SMILES string of the molecule is c1ccc(CN(CCCn2ccnc2)C2CCCCC2)nc1. The maximum Gasteiger partial charge on any atom is 0.0945 e. The smallest absolute Gasteiger partial charge is 0.0945 e. The van der Waals surface area contributed by atoms with Gasteiger partial charge in [-0.3, -0.25) is 9.88 Å². The van der Waals surface area contributed by atoms with Crippen molar-refractivity contribution in [3.63, 3.8) is 0 Å². The van der Waals surface area contributed by atoms with Gasteiger partial charge in [-0.25, -0.2) is 4.98 Å². The topological polar surface area (TPSA) is 34.0 Å². The largest absolute Gasteiger partial charge is 0.337 e. The summed E-state index contributed by atoms with van der Waals surface area (Å²) in [5.41, 5.74) is 1.19. The van der Waals surface area contributed by atoms with Crippen molar-refractivity contribution in [3.8, 4) is 0 Å². The van der Waals surface area contributed by atoms with Crippen molar-refractivity contribution in [2.24, 2.45) is 0 Å². The molecule has 0 atom stereocenters. The Morgan fingerprint density at radius 2 is 2.05 bits per heavy atom. The van der Waals surface area contributed by atoms with E-state index in [9.17, 15) is 0 Å². The number of imidazole rings is 1. The Balaban J connectivity index is 1.57. The van der Waals surface area contributed by atoms with Crippen LogP contribution < -0.4 is 0 Å². The van der Waals surface area contributed by atoms with Crippen molar-refractivity contribution in [2.75, 3.05) is 6.54 Å². The number of rotatable bonds is 7. The van der Waals surface area contributed by atoms with Crippen molar-refractivity contribution >= 4 is 0 Å². The zero-order valence-electron chi connectivity index (χ0n) is 13.3. The second kappa shape index (κ2) is 8.08. The van der Waals surface area contributed by atoms with E-state index >= 15 is 0 Å². The molecule has 0 amide bonds. The molecular formula is C18H26N4. The minimum Gasteiger partial charge on any atom is -0.337 e. The lowest BCUT2D eigenvalue weighted by molar-refractivity contribution is 0.142. The van der Waals surface area contributed by atoms with Gasteiger partial charge in [-0.1, -0.05) is 25.3 Å². The molecule has 0 N–H and O–H groups in total. The molecule has 2 heterocycles. The summed E-state index contributed by atoms with van der Waals surface area (Å²) in [6.45, 7) is 3.17. The van der Waals surface area contributed by atoms with Gasteiger partial charge in [-0.2, -0.15) is 0 Å². The van der Waals surface area contributed by atoms with Crippen molar-refractivity contribution in [1.29, 1.82) is 0 Å². The van der Waals surface area contributed by atoms with E-state index in [1.807, 2.05) is 31.0 Å². The molecular weight excluding hydrogens is 272 g/mol. The average Bonchev–Trinajstić information content (AvgIpc) is 3.09. The maximum absolute atomic E-state index is 4.51. The molecule has 0 aromatic carbocycles. The number of pyridine rings is 1. The van der Waals surface area contributed by atoms with Crippen LogP contribution in [0.1, 0.15) is 44.2 Å². The molecule has 0 saturated heterocycles. The number of hydrogen-bond donors (Lipinski definition) is 0. The van der Waals surface area contributed by atoms with Gasteiger partial charge >= 0.3 is 0 Å². The highest BCUT2D eigenvalue weighted by atomic mass is 15.2. The van der Waals surface area contributed by atoms with E-state index in [2.05, 4.69) is 31.6 Å². The normalized spacial score (nSPS) is 16.2. The Morgan fingerprint density at radius 3 is 2.77 bits per heavy atom. The van der Waals surface area contributed by atoms with E-state index in [0.717, 1.165) is 25.7 Å². The standard InChI is InChI=1S/C18H26N4/c1-2-8-18(9-3-1)22(15-17-7-4-5-10-20-17)13-6-12-21-14-11-19-16-21/h4-5,7,10-11,14,16,18H,1-3,6,8-9,12-13,15H2. The first-order valence-corrected chi connectivity index (χ1v) is 8.51. The van der Waals surface area contributed by atoms with Crippen LogP contribution in [0.5, 0.6) is 0 Å². The lowest BCUT2D eigenvalue weighted by atomic mass is 9.94. The van der Waals surface area contributed by atoms with Gasteiger partial charge in [-0.15, -0.1) is 0 Å². The molecule has 22 heavy (non-hydrogen) atoms. The fourth-order valence-electron chi connectivity index (χ4n) is 3.41. The molecule has 4 nitrogen and oxygen atoms in total. The molecule has 0 aliphatic heterocycles. The van der Waals surface area contributed by atoms with Crippen LogP contribution >= 0.6 is 0 Å². The fraction of sp³-hybridized carbons (Fsp3) is 0.556. The van der Waals surface area contributed by atoms with Crippen LogP contribution in [-0.4, -0.2) is 32.0 Å². The van der Waals surface area contributed by atoms with Gasteiger partial charge < -0.3 is 4.57 Å². The van der Waals surface area contributed by atoms with E-state index < -0.39 is 0 Å². The highest BCUT2D eigenvalue weighted by molar-refractivity contribution is 5.03. The first-order valence-electron chi connectivity index (χ1n) is 8.51. The monoisotopic (exact) mass is 298 g/mol. The van der Waals surface area contributed by atoms with Crippen LogP contribution in [0.3, 0.4) is 0 Å². The van der Waals surface area contributed by atoms with Gasteiger partial charge in [0.15, 0.2) is 0 Å². The molecule has 4 heteroatoms. The molecule has 1 aliphatic carbocycles. The first-order chi connectivity index (χ1) is 10.9. The Labute approximate surface area is 133 Å². The van der Waals surface area contributed by atoms with E-state index in [1.54, 1.807) is 0 Å². The molecule has 0 spiro atoms. The molecule has 1 saturated carbocycles. The van der Waals surface area contributed by atoms with Crippen molar-refractivity contribution < 1.29 is 0 Å². The van der Waals surface area contributed by atoms with Crippen molar-refractivity contribution in [2.45, 2.75) is 57.7 Å². The molecule has 1 fully saturated rings. The highest BCUT2D eigenvalue weighted by Crippen LogP contribution is 2.24. The van der Waals surface area contributed by atoms with E-state index in [0.29, 0.717) is 0 Å². The van der Waals surface area contributed by atoms with E-state index in [4.69, 9.17) is 0 Å². The van der Waals surface area contributed by atoms with Crippen molar-refractivity contribution in [3.05, 3.63) is 48.8 Å². The maximum atomic E-state index is 4.51.